The summed E-state index contributed by atoms with van der Waals surface area (Å²) in [5, 5.41) is 0.867. The van der Waals surface area contributed by atoms with Crippen LogP contribution in [0.1, 0.15) is 22.8 Å². The van der Waals surface area contributed by atoms with E-state index in [1.54, 1.807) is 13.0 Å². The number of carbonyl (C=O) groups excluding carboxylic acids is 1. The van der Waals surface area contributed by atoms with Crippen LogP contribution in [0.5, 0.6) is 5.75 Å². The molecule has 5 nitrogen and oxygen atoms in total. The number of esters is 1. The summed E-state index contributed by atoms with van der Waals surface area (Å²) in [6.45, 7) is 2.16. The quantitative estimate of drug-likeness (QED) is 0.505. The van der Waals surface area contributed by atoms with Gasteiger partial charge < -0.3 is 13.9 Å². The van der Waals surface area contributed by atoms with Crippen molar-refractivity contribution in [2.75, 3.05) is 6.61 Å². The molecule has 0 saturated carbocycles. The fourth-order valence-corrected chi connectivity index (χ4v) is 2.54. The van der Waals surface area contributed by atoms with Gasteiger partial charge in [-0.3, -0.25) is 0 Å². The number of halogens is 1. The van der Waals surface area contributed by atoms with Gasteiger partial charge in [-0.05, 0) is 24.6 Å². The van der Waals surface area contributed by atoms with Crippen molar-refractivity contribution < 1.29 is 18.7 Å². The van der Waals surface area contributed by atoms with Crippen molar-refractivity contribution in [1.82, 2.24) is 0 Å². The van der Waals surface area contributed by atoms with Gasteiger partial charge in [-0.2, -0.15) is 0 Å². The van der Waals surface area contributed by atoms with E-state index in [2.05, 4.69) is 0 Å². The lowest BCUT2D eigenvalue weighted by atomic mass is 10.2. The minimum Gasteiger partial charge on any atom is -0.487 e. The molecule has 0 spiro atoms. The summed E-state index contributed by atoms with van der Waals surface area (Å²) >= 11 is 6.24. The van der Waals surface area contributed by atoms with Crippen molar-refractivity contribution in [3.05, 3.63) is 75.1 Å². The van der Waals surface area contributed by atoms with Gasteiger partial charge in [-0.25, -0.2) is 9.59 Å². The molecule has 3 aromatic rings. The summed E-state index contributed by atoms with van der Waals surface area (Å²) < 4.78 is 15.8. The molecule has 0 saturated heterocycles. The highest BCUT2D eigenvalue weighted by Crippen LogP contribution is 2.30. The van der Waals surface area contributed by atoms with E-state index in [9.17, 15) is 9.59 Å². The van der Waals surface area contributed by atoms with Gasteiger partial charge >= 0.3 is 11.6 Å². The Morgan fingerprint density at radius 2 is 1.92 bits per heavy atom. The molecule has 3 rings (SSSR count). The summed E-state index contributed by atoms with van der Waals surface area (Å²) in [6.07, 6.45) is 0. The molecule has 2 aromatic carbocycles. The second-order valence-corrected chi connectivity index (χ2v) is 5.67. The molecule has 0 N–H and O–H groups in total. The van der Waals surface area contributed by atoms with Crippen LogP contribution in [0.3, 0.4) is 0 Å². The van der Waals surface area contributed by atoms with Gasteiger partial charge in [0.05, 0.1) is 11.6 Å². The smallest absolute Gasteiger partial charge is 0.351 e. The molecule has 0 amide bonds. The molecule has 128 valence electrons. The van der Waals surface area contributed by atoms with E-state index < -0.39 is 11.6 Å². The Kier molecular flexibility index (Phi) is 5.05. The van der Waals surface area contributed by atoms with Gasteiger partial charge in [0, 0.05) is 11.5 Å². The first-order chi connectivity index (χ1) is 12.1. The van der Waals surface area contributed by atoms with Crippen LogP contribution < -0.4 is 10.4 Å². The van der Waals surface area contributed by atoms with E-state index in [0.29, 0.717) is 22.8 Å². The van der Waals surface area contributed by atoms with Crippen molar-refractivity contribution in [2.45, 2.75) is 13.5 Å². The largest absolute Gasteiger partial charge is 0.487 e. The molecule has 0 radical (unpaired) electrons. The van der Waals surface area contributed by atoms with Gasteiger partial charge in [0.25, 0.3) is 0 Å². The number of fused-ring (bicyclic) bond motifs is 1. The number of benzene rings is 2. The molecule has 0 bridgehead atoms. The summed E-state index contributed by atoms with van der Waals surface area (Å²) in [7, 11) is 0. The molecule has 0 unspecified atom stereocenters. The minimum atomic E-state index is -0.762. The van der Waals surface area contributed by atoms with E-state index in [1.165, 1.54) is 12.1 Å². The van der Waals surface area contributed by atoms with Crippen molar-refractivity contribution in [3.8, 4) is 5.75 Å². The molecule has 25 heavy (non-hydrogen) atoms. The lowest BCUT2D eigenvalue weighted by Crippen LogP contribution is -2.16. The first-order valence-electron chi connectivity index (χ1n) is 7.69. The third kappa shape index (κ3) is 3.83. The molecule has 6 heteroatoms. The van der Waals surface area contributed by atoms with E-state index >= 15 is 0 Å². The summed E-state index contributed by atoms with van der Waals surface area (Å²) in [5.74, 6) is -0.330. The van der Waals surface area contributed by atoms with Crippen LogP contribution in [0, 0.1) is 0 Å². The SMILES string of the molecule is CCOC(=O)c1cc2cc(Cl)c(OCc3ccccc3)cc2oc1=O. The van der Waals surface area contributed by atoms with Crippen molar-refractivity contribution >= 4 is 28.5 Å². The second-order valence-electron chi connectivity index (χ2n) is 5.26. The number of hydrogen-bond donors (Lipinski definition) is 0. The van der Waals surface area contributed by atoms with E-state index in [0.717, 1.165) is 5.56 Å². The highest BCUT2D eigenvalue weighted by atomic mass is 35.5. The Labute approximate surface area is 148 Å². The first-order valence-corrected chi connectivity index (χ1v) is 8.07. The third-order valence-corrected chi connectivity index (χ3v) is 3.81. The predicted octanol–water partition coefficient (Wildman–Crippen LogP) is 4.20. The third-order valence-electron chi connectivity index (χ3n) is 3.52. The zero-order valence-electron chi connectivity index (χ0n) is 13.5. The van der Waals surface area contributed by atoms with E-state index in [1.807, 2.05) is 30.3 Å². The topological polar surface area (TPSA) is 65.7 Å². The first kappa shape index (κ1) is 17.0. The molecule has 0 atom stereocenters. The Hall–Kier alpha value is -2.79. The maximum atomic E-state index is 12.0. The molecule has 0 fully saturated rings. The molecule has 0 aliphatic carbocycles. The Morgan fingerprint density at radius 1 is 1.16 bits per heavy atom. The molecule has 1 heterocycles. The van der Waals surface area contributed by atoms with E-state index in [-0.39, 0.29) is 17.8 Å². The summed E-state index contributed by atoms with van der Waals surface area (Å²) in [5.41, 5.74) is 0.342. The van der Waals surface area contributed by atoms with Gasteiger partial charge in [-0.1, -0.05) is 41.9 Å². The molecule has 0 aliphatic rings. The van der Waals surface area contributed by atoms with Gasteiger partial charge in [0.1, 0.15) is 23.5 Å². The Balaban J connectivity index is 1.92. The fraction of sp³-hybridized carbons (Fsp3) is 0.158. The second kappa shape index (κ2) is 7.40. The normalized spacial score (nSPS) is 10.6. The number of ether oxygens (including phenoxy) is 2. The Bertz CT molecular complexity index is 963. The summed E-state index contributed by atoms with van der Waals surface area (Å²) in [6, 6.07) is 14.1. The molecular formula is C19H15ClO5. The monoisotopic (exact) mass is 358 g/mol. The zero-order chi connectivity index (χ0) is 17.8. The highest BCUT2D eigenvalue weighted by molar-refractivity contribution is 6.32. The number of rotatable bonds is 5. The number of carbonyl (C=O) groups is 1. The minimum absolute atomic E-state index is 0.164. The lowest BCUT2D eigenvalue weighted by Gasteiger charge is -2.09. The average Bonchev–Trinajstić information content (AvgIpc) is 2.61. The van der Waals surface area contributed by atoms with Crippen LogP contribution in [0.2, 0.25) is 5.02 Å². The standard InChI is InChI=1S/C19H15ClO5/c1-2-23-18(21)14-8-13-9-15(20)17(10-16(13)25-19(14)22)24-11-12-6-4-3-5-7-12/h3-10H,2,11H2,1H3. The van der Waals surface area contributed by atoms with Crippen molar-refractivity contribution in [3.63, 3.8) is 0 Å². The average molecular weight is 359 g/mol. The van der Waals surface area contributed by atoms with Crippen LogP contribution >= 0.6 is 11.6 Å². The van der Waals surface area contributed by atoms with Crippen LogP contribution in [0.4, 0.5) is 0 Å². The molecule has 1 aromatic heterocycles. The van der Waals surface area contributed by atoms with E-state index in [4.69, 9.17) is 25.5 Å². The van der Waals surface area contributed by atoms with Gasteiger partial charge in [0.2, 0.25) is 0 Å². The van der Waals surface area contributed by atoms with Crippen LogP contribution in [-0.2, 0) is 11.3 Å². The van der Waals surface area contributed by atoms with Crippen molar-refractivity contribution in [1.29, 1.82) is 0 Å². The predicted molar refractivity (Wildman–Crippen MR) is 94.2 cm³/mol. The zero-order valence-corrected chi connectivity index (χ0v) is 14.2. The van der Waals surface area contributed by atoms with Crippen LogP contribution in [0.25, 0.3) is 11.0 Å². The Morgan fingerprint density at radius 3 is 2.64 bits per heavy atom. The number of hydrogen-bond acceptors (Lipinski definition) is 5. The van der Waals surface area contributed by atoms with Crippen LogP contribution in [-0.4, -0.2) is 12.6 Å². The van der Waals surface area contributed by atoms with Crippen LogP contribution in [0.15, 0.2) is 57.7 Å². The van der Waals surface area contributed by atoms with Gasteiger partial charge in [-0.15, -0.1) is 0 Å². The fourth-order valence-electron chi connectivity index (χ4n) is 2.32. The summed E-state index contributed by atoms with van der Waals surface area (Å²) in [4.78, 5) is 23.8. The highest BCUT2D eigenvalue weighted by Gasteiger charge is 2.16. The molecular weight excluding hydrogens is 344 g/mol. The maximum Gasteiger partial charge on any atom is 0.351 e. The van der Waals surface area contributed by atoms with Crippen molar-refractivity contribution in [2.24, 2.45) is 0 Å². The maximum absolute atomic E-state index is 12.0. The van der Waals surface area contributed by atoms with Gasteiger partial charge in [0.15, 0.2) is 0 Å². The lowest BCUT2D eigenvalue weighted by molar-refractivity contribution is 0.0522. The molecule has 0 aliphatic heterocycles.